The third-order valence-corrected chi connectivity index (χ3v) is 6.79. The normalized spacial score (nSPS) is 13.8. The molecule has 268 valence electrons. The van der Waals surface area contributed by atoms with Crippen molar-refractivity contribution >= 4 is 19.8 Å². The van der Waals surface area contributed by atoms with Crippen LogP contribution < -0.4 is 0 Å². The molecule has 0 bridgehead atoms. The van der Waals surface area contributed by atoms with Crippen LogP contribution in [0.25, 0.3) is 0 Å². The third-order valence-electron chi connectivity index (χ3n) is 6.30. The zero-order chi connectivity index (χ0) is 35.4. The quantitative estimate of drug-likeness (QED) is 0.0345. The molecule has 0 radical (unpaired) electrons. The van der Waals surface area contributed by atoms with Crippen LogP contribution in [-0.4, -0.2) is 41.0 Å². The summed E-state index contributed by atoms with van der Waals surface area (Å²) in [5, 5.41) is 0. The first-order valence-corrected chi connectivity index (χ1v) is 18.7. The van der Waals surface area contributed by atoms with Gasteiger partial charge in [-0.2, -0.15) is 0 Å². The average molecular weight is 687 g/mol. The summed E-state index contributed by atoms with van der Waals surface area (Å²) < 4.78 is 26.1. The minimum Gasteiger partial charge on any atom is -0.462 e. The van der Waals surface area contributed by atoms with Gasteiger partial charge in [-0.05, 0) is 77.0 Å². The molecule has 0 aliphatic heterocycles. The van der Waals surface area contributed by atoms with Gasteiger partial charge in [0.2, 0.25) is 0 Å². The number of ether oxygens (including phenoxy) is 2. The fraction of sp³-hybridized carbons (Fsp3) is 0.487. The highest BCUT2D eigenvalue weighted by molar-refractivity contribution is 7.46. The maximum atomic E-state index is 12.3. The lowest BCUT2D eigenvalue weighted by molar-refractivity contribution is -0.161. The Morgan fingerprint density at radius 1 is 0.542 bits per heavy atom. The van der Waals surface area contributed by atoms with Crippen molar-refractivity contribution in [3.8, 4) is 0 Å². The second kappa shape index (κ2) is 33.6. The van der Waals surface area contributed by atoms with Crippen LogP contribution in [-0.2, 0) is 28.2 Å². The highest BCUT2D eigenvalue weighted by atomic mass is 31.2. The minimum absolute atomic E-state index is 0.112. The third kappa shape index (κ3) is 35.6. The summed E-state index contributed by atoms with van der Waals surface area (Å²) >= 11 is 0. The van der Waals surface area contributed by atoms with Crippen molar-refractivity contribution < 1.29 is 37.9 Å². The molecule has 0 saturated carbocycles. The Kier molecular flexibility index (Phi) is 31.3. The van der Waals surface area contributed by atoms with Crippen LogP contribution in [0.15, 0.2) is 109 Å². The first-order chi connectivity index (χ1) is 23.3. The predicted molar refractivity (Wildman–Crippen MR) is 197 cm³/mol. The SMILES string of the molecule is CC/C=C\C/C=C\C/C=C\C/C=C\C/C=C\CCCC(=O)OC(COC(=O)CC/C=C\C/C=C\C/C=C\C/C=C\CC)COP(=O)(O)O. The van der Waals surface area contributed by atoms with Crippen LogP contribution in [0.5, 0.6) is 0 Å². The summed E-state index contributed by atoms with van der Waals surface area (Å²) in [6.45, 7) is 3.30. The molecule has 2 N–H and O–H groups in total. The average Bonchev–Trinajstić information content (AvgIpc) is 3.05. The lowest BCUT2D eigenvalue weighted by Gasteiger charge is -2.18. The molecule has 0 aromatic heterocycles. The fourth-order valence-corrected chi connectivity index (χ4v) is 4.19. The first kappa shape index (κ1) is 44.7. The van der Waals surface area contributed by atoms with E-state index in [1.807, 2.05) is 24.3 Å². The van der Waals surface area contributed by atoms with Gasteiger partial charge in [0.15, 0.2) is 6.10 Å². The van der Waals surface area contributed by atoms with Crippen molar-refractivity contribution in [2.24, 2.45) is 0 Å². The van der Waals surface area contributed by atoms with Crippen LogP contribution in [0.2, 0.25) is 0 Å². The molecule has 8 nitrogen and oxygen atoms in total. The van der Waals surface area contributed by atoms with Gasteiger partial charge in [-0.3, -0.25) is 14.1 Å². The van der Waals surface area contributed by atoms with Gasteiger partial charge in [-0.15, -0.1) is 0 Å². The Labute approximate surface area is 289 Å². The molecular formula is C39H59O8P. The number of unbranched alkanes of at least 4 members (excludes halogenated alkanes) is 1. The Bertz CT molecular complexity index is 1130. The number of hydrogen-bond acceptors (Lipinski definition) is 6. The molecule has 0 heterocycles. The fourth-order valence-electron chi connectivity index (χ4n) is 3.83. The molecule has 0 aromatic rings. The molecule has 9 heteroatoms. The van der Waals surface area contributed by atoms with Crippen LogP contribution in [0, 0.1) is 0 Å². The number of carbonyl (C=O) groups excluding carboxylic acids is 2. The topological polar surface area (TPSA) is 119 Å². The number of hydrogen-bond donors (Lipinski definition) is 2. The Morgan fingerprint density at radius 2 is 0.938 bits per heavy atom. The van der Waals surface area contributed by atoms with Gasteiger partial charge in [-0.1, -0.05) is 123 Å². The highest BCUT2D eigenvalue weighted by Gasteiger charge is 2.22. The Hall–Kier alpha value is -3.29. The van der Waals surface area contributed by atoms with E-state index in [1.54, 1.807) is 0 Å². The summed E-state index contributed by atoms with van der Waals surface area (Å²) in [4.78, 5) is 42.5. The van der Waals surface area contributed by atoms with E-state index in [4.69, 9.17) is 19.3 Å². The first-order valence-electron chi connectivity index (χ1n) is 17.2. The smallest absolute Gasteiger partial charge is 0.462 e. The lowest BCUT2D eigenvalue weighted by atomic mass is 10.2. The molecule has 0 aliphatic carbocycles. The molecule has 0 fully saturated rings. The number of allylic oxidation sites excluding steroid dienone is 18. The number of rotatable bonds is 29. The van der Waals surface area contributed by atoms with E-state index in [2.05, 4.69) is 103 Å². The molecule has 0 saturated heterocycles. The maximum absolute atomic E-state index is 12.3. The van der Waals surface area contributed by atoms with Gasteiger partial charge in [0.1, 0.15) is 6.61 Å². The zero-order valence-corrected chi connectivity index (χ0v) is 30.0. The molecule has 1 unspecified atom stereocenters. The molecule has 0 spiro atoms. The number of phosphoric acid groups is 1. The molecule has 48 heavy (non-hydrogen) atoms. The molecular weight excluding hydrogens is 627 g/mol. The summed E-state index contributed by atoms with van der Waals surface area (Å²) in [6.07, 6.45) is 46.9. The van der Waals surface area contributed by atoms with Gasteiger partial charge in [0.05, 0.1) is 6.61 Å². The van der Waals surface area contributed by atoms with Crippen molar-refractivity contribution in [3.05, 3.63) is 109 Å². The van der Waals surface area contributed by atoms with Gasteiger partial charge < -0.3 is 19.3 Å². The van der Waals surface area contributed by atoms with E-state index in [0.717, 1.165) is 57.8 Å². The van der Waals surface area contributed by atoms with Crippen molar-refractivity contribution in [3.63, 3.8) is 0 Å². The second-order valence-electron chi connectivity index (χ2n) is 10.7. The predicted octanol–water partition coefficient (Wildman–Crippen LogP) is 10.1. The Morgan fingerprint density at radius 3 is 1.35 bits per heavy atom. The van der Waals surface area contributed by atoms with Crippen LogP contribution in [0.4, 0.5) is 0 Å². The van der Waals surface area contributed by atoms with E-state index in [0.29, 0.717) is 19.3 Å². The largest absolute Gasteiger partial charge is 0.469 e. The van der Waals surface area contributed by atoms with E-state index in [-0.39, 0.29) is 19.4 Å². The van der Waals surface area contributed by atoms with E-state index < -0.39 is 32.5 Å². The number of esters is 2. The van der Waals surface area contributed by atoms with E-state index in [9.17, 15) is 14.2 Å². The zero-order valence-electron chi connectivity index (χ0n) is 29.1. The van der Waals surface area contributed by atoms with Crippen molar-refractivity contribution in [1.82, 2.24) is 0 Å². The highest BCUT2D eigenvalue weighted by Crippen LogP contribution is 2.35. The molecule has 0 aromatic carbocycles. The van der Waals surface area contributed by atoms with Gasteiger partial charge >= 0.3 is 19.8 Å². The Balaban J connectivity index is 4.26. The van der Waals surface area contributed by atoms with Crippen LogP contribution >= 0.6 is 7.82 Å². The maximum Gasteiger partial charge on any atom is 0.469 e. The monoisotopic (exact) mass is 686 g/mol. The molecule has 0 amide bonds. The summed E-state index contributed by atoms with van der Waals surface area (Å²) in [5.74, 6) is -1.06. The van der Waals surface area contributed by atoms with Gasteiger partial charge in [0, 0.05) is 12.8 Å². The summed E-state index contributed by atoms with van der Waals surface area (Å²) in [5.41, 5.74) is 0. The molecule has 0 rings (SSSR count). The molecule has 1 atom stereocenters. The number of phosphoric ester groups is 1. The summed E-state index contributed by atoms with van der Waals surface area (Å²) in [7, 11) is -4.79. The van der Waals surface area contributed by atoms with Crippen molar-refractivity contribution in [1.29, 1.82) is 0 Å². The van der Waals surface area contributed by atoms with Crippen molar-refractivity contribution in [2.45, 2.75) is 110 Å². The summed E-state index contributed by atoms with van der Waals surface area (Å²) in [6, 6.07) is 0. The van der Waals surface area contributed by atoms with E-state index in [1.165, 1.54) is 0 Å². The second-order valence-corrected chi connectivity index (χ2v) is 12.0. The lowest BCUT2D eigenvalue weighted by Crippen LogP contribution is -2.29. The van der Waals surface area contributed by atoms with Crippen molar-refractivity contribution in [2.75, 3.05) is 13.2 Å². The number of carbonyl (C=O) groups is 2. The van der Waals surface area contributed by atoms with Gasteiger partial charge in [-0.25, -0.2) is 4.57 Å². The van der Waals surface area contributed by atoms with E-state index >= 15 is 0 Å². The standard InChI is InChI=1S/C39H59O8P/c1-3-5-7-9-11-13-15-17-18-19-20-22-24-26-28-30-32-34-39(41)47-37(36-46-48(42,43)44)35-45-38(40)33-31-29-27-25-23-21-16-14-12-10-8-6-4-2/h5-8,11-14,17-18,20-23,26-29,37H,3-4,9-10,15-16,19,24-25,30-36H2,1-2H3,(H2,42,43,44)/b7-5-,8-6-,13-11-,14-12-,18-17-,22-20-,23-21-,28-26-,29-27-. The molecule has 0 aliphatic rings. The minimum atomic E-state index is -4.79. The van der Waals surface area contributed by atoms with Crippen LogP contribution in [0.1, 0.15) is 104 Å². The van der Waals surface area contributed by atoms with Gasteiger partial charge in [0.25, 0.3) is 0 Å². The van der Waals surface area contributed by atoms with Crippen LogP contribution in [0.3, 0.4) is 0 Å².